The van der Waals surface area contributed by atoms with Gasteiger partial charge < -0.3 is 5.11 Å². The van der Waals surface area contributed by atoms with Crippen molar-refractivity contribution in [3.63, 3.8) is 0 Å². The Bertz CT molecular complexity index is 403. The van der Waals surface area contributed by atoms with Gasteiger partial charge in [0.15, 0.2) is 0 Å². The first-order valence-corrected chi connectivity index (χ1v) is 7.51. The van der Waals surface area contributed by atoms with Crippen molar-refractivity contribution in [1.29, 1.82) is 0 Å². The second-order valence-electron chi connectivity index (χ2n) is 4.60. The third kappa shape index (κ3) is 2.91. The first-order chi connectivity index (χ1) is 8.11. The summed E-state index contributed by atoms with van der Waals surface area (Å²) in [5.74, 6) is -0.165. The second-order valence-corrected chi connectivity index (χ2v) is 6.31. The fraction of sp³-hybridized carbons (Fsp3) is 0.538. The lowest BCUT2D eigenvalue weighted by Crippen LogP contribution is -2.17. The number of halogens is 3. The van der Waals surface area contributed by atoms with E-state index in [1.54, 1.807) is 12.1 Å². The summed E-state index contributed by atoms with van der Waals surface area (Å²) in [6, 6.07) is 3.42. The summed E-state index contributed by atoms with van der Waals surface area (Å²) in [5, 5.41) is 10.3. The van der Waals surface area contributed by atoms with Crippen LogP contribution in [-0.4, -0.2) is 5.11 Å². The van der Waals surface area contributed by atoms with Crippen molar-refractivity contribution in [3.8, 4) is 0 Å². The SMILES string of the molecule is OC(c1c(Br)ccc(Br)c1F)C1CCCCC1. The van der Waals surface area contributed by atoms with Crippen molar-refractivity contribution in [1.82, 2.24) is 0 Å². The number of benzene rings is 1. The van der Waals surface area contributed by atoms with E-state index < -0.39 is 6.10 Å². The van der Waals surface area contributed by atoms with E-state index in [2.05, 4.69) is 31.9 Å². The molecule has 1 atom stereocenters. The molecule has 4 heteroatoms. The summed E-state index contributed by atoms with van der Waals surface area (Å²) < 4.78 is 15.1. The van der Waals surface area contributed by atoms with Gasteiger partial charge in [-0.3, -0.25) is 0 Å². The van der Waals surface area contributed by atoms with Crippen LogP contribution in [0.4, 0.5) is 4.39 Å². The summed E-state index contributed by atoms with van der Waals surface area (Å²) in [5.41, 5.74) is 0.395. The standard InChI is InChI=1S/C13H15Br2FO/c14-9-6-7-10(15)12(16)11(9)13(17)8-4-2-1-3-5-8/h6-8,13,17H,1-5H2. The van der Waals surface area contributed by atoms with E-state index in [1.807, 2.05) is 0 Å². The molecule has 0 aliphatic heterocycles. The van der Waals surface area contributed by atoms with Crippen LogP contribution in [0.15, 0.2) is 21.1 Å². The van der Waals surface area contributed by atoms with Crippen LogP contribution in [0.25, 0.3) is 0 Å². The number of hydrogen-bond donors (Lipinski definition) is 1. The Morgan fingerprint density at radius 2 is 1.71 bits per heavy atom. The topological polar surface area (TPSA) is 20.2 Å². The molecule has 94 valence electrons. The van der Waals surface area contributed by atoms with E-state index in [4.69, 9.17) is 0 Å². The van der Waals surface area contributed by atoms with Gasteiger partial charge in [0.25, 0.3) is 0 Å². The van der Waals surface area contributed by atoms with Crippen molar-refractivity contribution in [2.24, 2.45) is 5.92 Å². The molecule has 17 heavy (non-hydrogen) atoms. The summed E-state index contributed by atoms with van der Waals surface area (Å²) in [6.07, 6.45) is 4.76. The average molecular weight is 366 g/mol. The Morgan fingerprint density at radius 1 is 1.12 bits per heavy atom. The van der Waals surface area contributed by atoms with Gasteiger partial charge in [-0.05, 0) is 46.8 Å². The predicted molar refractivity (Wildman–Crippen MR) is 73.3 cm³/mol. The first-order valence-electron chi connectivity index (χ1n) is 5.92. The molecule has 1 aliphatic carbocycles. The number of hydrogen-bond acceptors (Lipinski definition) is 1. The first kappa shape index (κ1) is 13.5. The lowest BCUT2D eigenvalue weighted by atomic mass is 9.82. The van der Waals surface area contributed by atoms with E-state index >= 15 is 0 Å². The minimum atomic E-state index is -0.706. The van der Waals surface area contributed by atoms with Crippen molar-refractivity contribution >= 4 is 31.9 Å². The van der Waals surface area contributed by atoms with E-state index in [9.17, 15) is 9.50 Å². The van der Waals surface area contributed by atoms with Crippen LogP contribution >= 0.6 is 31.9 Å². The van der Waals surface area contributed by atoms with Gasteiger partial charge in [0, 0.05) is 10.0 Å². The number of aliphatic hydroxyl groups is 1. The summed E-state index contributed by atoms with van der Waals surface area (Å²) >= 11 is 6.49. The normalized spacial score (nSPS) is 19.3. The number of aliphatic hydroxyl groups excluding tert-OH is 1. The summed E-state index contributed by atoms with van der Waals surface area (Å²) in [4.78, 5) is 0. The van der Waals surface area contributed by atoms with E-state index in [-0.39, 0.29) is 11.7 Å². The Hall–Kier alpha value is 0.0700. The van der Waals surface area contributed by atoms with Crippen LogP contribution in [0.3, 0.4) is 0 Å². The van der Waals surface area contributed by atoms with Gasteiger partial charge in [0.05, 0.1) is 10.6 Å². The van der Waals surface area contributed by atoms with Crippen molar-refractivity contribution in [2.75, 3.05) is 0 Å². The van der Waals surface area contributed by atoms with Crippen molar-refractivity contribution < 1.29 is 9.50 Å². The van der Waals surface area contributed by atoms with Gasteiger partial charge in [-0.2, -0.15) is 0 Å². The molecule has 0 radical (unpaired) electrons. The zero-order chi connectivity index (χ0) is 12.4. The molecule has 0 bridgehead atoms. The minimum Gasteiger partial charge on any atom is -0.388 e. The molecule has 1 aromatic rings. The Morgan fingerprint density at radius 3 is 2.35 bits per heavy atom. The van der Waals surface area contributed by atoms with Crippen LogP contribution in [0.1, 0.15) is 43.8 Å². The minimum absolute atomic E-state index is 0.184. The summed E-state index contributed by atoms with van der Waals surface area (Å²) in [7, 11) is 0. The third-order valence-electron chi connectivity index (χ3n) is 3.47. The van der Waals surface area contributed by atoms with E-state index in [1.165, 1.54) is 6.42 Å². The van der Waals surface area contributed by atoms with Gasteiger partial charge in [-0.15, -0.1) is 0 Å². The van der Waals surface area contributed by atoms with Crippen molar-refractivity contribution in [3.05, 3.63) is 32.5 Å². The molecule has 1 fully saturated rings. The van der Waals surface area contributed by atoms with Crippen LogP contribution in [0.5, 0.6) is 0 Å². The lowest BCUT2D eigenvalue weighted by molar-refractivity contribution is 0.0808. The Labute approximate surface area is 118 Å². The highest BCUT2D eigenvalue weighted by molar-refractivity contribution is 9.11. The van der Waals surface area contributed by atoms with Gasteiger partial charge in [-0.1, -0.05) is 35.2 Å². The van der Waals surface area contributed by atoms with Gasteiger partial charge >= 0.3 is 0 Å². The fourth-order valence-electron chi connectivity index (χ4n) is 2.50. The monoisotopic (exact) mass is 364 g/mol. The molecule has 0 heterocycles. The van der Waals surface area contributed by atoms with Crippen LogP contribution in [-0.2, 0) is 0 Å². The van der Waals surface area contributed by atoms with Gasteiger partial charge in [0.2, 0.25) is 0 Å². The zero-order valence-corrected chi connectivity index (χ0v) is 12.6. The highest BCUT2D eigenvalue weighted by Gasteiger charge is 2.27. The maximum atomic E-state index is 14.0. The smallest absolute Gasteiger partial charge is 0.144 e. The molecular formula is C13H15Br2FO. The molecular weight excluding hydrogens is 351 g/mol. The summed E-state index contributed by atoms with van der Waals surface area (Å²) in [6.45, 7) is 0. The molecule has 1 nitrogen and oxygen atoms in total. The molecule has 1 aliphatic rings. The highest BCUT2D eigenvalue weighted by atomic mass is 79.9. The third-order valence-corrected chi connectivity index (χ3v) is 4.78. The second kappa shape index (κ2) is 5.81. The number of rotatable bonds is 2. The predicted octanol–water partition coefficient (Wildman–Crippen LogP) is 4.96. The average Bonchev–Trinajstić information content (AvgIpc) is 2.35. The van der Waals surface area contributed by atoms with Crippen LogP contribution < -0.4 is 0 Å². The molecule has 1 aromatic carbocycles. The van der Waals surface area contributed by atoms with Gasteiger partial charge in [0.1, 0.15) is 5.82 Å². The highest BCUT2D eigenvalue weighted by Crippen LogP contribution is 2.39. The molecule has 1 N–H and O–H groups in total. The fourth-order valence-corrected chi connectivity index (χ4v) is 3.39. The molecule has 1 unspecified atom stereocenters. The molecule has 0 aromatic heterocycles. The van der Waals surface area contributed by atoms with Crippen LogP contribution in [0.2, 0.25) is 0 Å². The molecule has 0 spiro atoms. The Balaban J connectivity index is 2.29. The van der Waals surface area contributed by atoms with Crippen LogP contribution in [0, 0.1) is 11.7 Å². The maximum absolute atomic E-state index is 14.0. The van der Waals surface area contributed by atoms with Crippen molar-refractivity contribution in [2.45, 2.75) is 38.2 Å². The molecule has 0 saturated heterocycles. The zero-order valence-electron chi connectivity index (χ0n) is 9.43. The largest absolute Gasteiger partial charge is 0.388 e. The lowest BCUT2D eigenvalue weighted by Gasteiger charge is -2.27. The molecule has 0 amide bonds. The van der Waals surface area contributed by atoms with E-state index in [0.717, 1.165) is 25.7 Å². The maximum Gasteiger partial charge on any atom is 0.144 e. The van der Waals surface area contributed by atoms with Gasteiger partial charge in [-0.25, -0.2) is 4.39 Å². The molecule has 2 rings (SSSR count). The Kier molecular flexibility index (Phi) is 4.61. The van der Waals surface area contributed by atoms with E-state index in [0.29, 0.717) is 14.5 Å². The quantitative estimate of drug-likeness (QED) is 0.734. The molecule has 1 saturated carbocycles.